The van der Waals surface area contributed by atoms with Crippen LogP contribution < -0.4 is 0 Å². The monoisotopic (exact) mass is 263 g/mol. The maximum Gasteiger partial charge on any atom is 0.311 e. The lowest BCUT2D eigenvalue weighted by atomic mass is 9.76. The summed E-state index contributed by atoms with van der Waals surface area (Å²) in [6, 6.07) is 7.14. The van der Waals surface area contributed by atoms with Crippen LogP contribution in [0.4, 0.5) is 0 Å². The molecule has 1 saturated heterocycles. The highest BCUT2D eigenvalue weighted by atomic mass is 16.4. The fourth-order valence-corrected chi connectivity index (χ4v) is 2.86. The van der Waals surface area contributed by atoms with Crippen LogP contribution in [0.15, 0.2) is 24.3 Å². The number of hydrogen-bond acceptors (Lipinski definition) is 3. The van der Waals surface area contributed by atoms with Crippen molar-refractivity contribution in [3.8, 4) is 5.75 Å². The first kappa shape index (κ1) is 13.9. The quantitative estimate of drug-likeness (QED) is 0.875. The molecule has 0 aromatic heterocycles. The van der Waals surface area contributed by atoms with E-state index in [4.69, 9.17) is 0 Å². The van der Waals surface area contributed by atoms with Crippen molar-refractivity contribution < 1.29 is 15.0 Å². The van der Waals surface area contributed by atoms with Gasteiger partial charge >= 0.3 is 5.97 Å². The molecule has 19 heavy (non-hydrogen) atoms. The number of benzene rings is 1. The molecule has 0 bridgehead atoms. The number of carboxylic acid groups (broad SMARTS) is 1. The smallest absolute Gasteiger partial charge is 0.311 e. The minimum absolute atomic E-state index is 0.124. The van der Waals surface area contributed by atoms with Gasteiger partial charge in [0.2, 0.25) is 0 Å². The van der Waals surface area contributed by atoms with Crippen LogP contribution in [0, 0.1) is 11.3 Å². The highest BCUT2D eigenvalue weighted by molar-refractivity contribution is 5.75. The minimum atomic E-state index is -0.694. The molecule has 0 spiro atoms. The maximum absolute atomic E-state index is 11.6. The third-order valence-electron chi connectivity index (χ3n) is 4.23. The standard InChI is InChI=1S/C15H21NO3/c1-11(2)15(14(18)19)6-7-16(10-15)9-12-4-3-5-13(17)8-12/h3-5,8,11,17H,6-7,9-10H2,1-2H3,(H,18,19). The van der Waals surface area contributed by atoms with Crippen molar-refractivity contribution in [2.45, 2.75) is 26.8 Å². The minimum Gasteiger partial charge on any atom is -0.508 e. The van der Waals surface area contributed by atoms with E-state index in [-0.39, 0.29) is 11.7 Å². The number of likely N-dealkylation sites (tertiary alicyclic amines) is 1. The summed E-state index contributed by atoms with van der Waals surface area (Å²) in [4.78, 5) is 13.7. The van der Waals surface area contributed by atoms with Crippen molar-refractivity contribution in [1.82, 2.24) is 4.90 Å². The molecule has 4 nitrogen and oxygen atoms in total. The first-order valence-corrected chi connectivity index (χ1v) is 6.68. The average Bonchev–Trinajstić information content (AvgIpc) is 2.74. The van der Waals surface area contributed by atoms with E-state index in [0.29, 0.717) is 19.5 Å². The Hall–Kier alpha value is -1.55. The summed E-state index contributed by atoms with van der Waals surface area (Å²) >= 11 is 0. The van der Waals surface area contributed by atoms with Crippen LogP contribution in [-0.4, -0.2) is 34.2 Å². The number of rotatable bonds is 4. The van der Waals surface area contributed by atoms with Crippen molar-refractivity contribution in [3.63, 3.8) is 0 Å². The van der Waals surface area contributed by atoms with Gasteiger partial charge < -0.3 is 10.2 Å². The summed E-state index contributed by atoms with van der Waals surface area (Å²) in [6.07, 6.45) is 0.693. The molecule has 1 atom stereocenters. The summed E-state index contributed by atoms with van der Waals surface area (Å²) in [5.74, 6) is -0.315. The van der Waals surface area contributed by atoms with Crippen molar-refractivity contribution in [3.05, 3.63) is 29.8 Å². The van der Waals surface area contributed by atoms with Crippen LogP contribution in [-0.2, 0) is 11.3 Å². The number of phenolic OH excluding ortho intramolecular Hbond substituents is 1. The number of carboxylic acids is 1. The summed E-state index contributed by atoms with van der Waals surface area (Å²) in [7, 11) is 0. The fraction of sp³-hybridized carbons (Fsp3) is 0.533. The van der Waals surface area contributed by atoms with Gasteiger partial charge in [0.05, 0.1) is 5.41 Å². The van der Waals surface area contributed by atoms with Gasteiger partial charge in [-0.3, -0.25) is 9.69 Å². The molecule has 1 aliphatic heterocycles. The van der Waals surface area contributed by atoms with E-state index in [2.05, 4.69) is 4.90 Å². The van der Waals surface area contributed by atoms with Crippen LogP contribution in [0.5, 0.6) is 5.75 Å². The Morgan fingerprint density at radius 3 is 2.74 bits per heavy atom. The predicted molar refractivity (Wildman–Crippen MR) is 72.9 cm³/mol. The molecule has 2 N–H and O–H groups in total. The van der Waals surface area contributed by atoms with Crippen LogP contribution in [0.2, 0.25) is 0 Å². The van der Waals surface area contributed by atoms with E-state index in [1.807, 2.05) is 26.0 Å². The van der Waals surface area contributed by atoms with Crippen LogP contribution >= 0.6 is 0 Å². The van der Waals surface area contributed by atoms with Crippen LogP contribution in [0.25, 0.3) is 0 Å². The van der Waals surface area contributed by atoms with Gasteiger partial charge in [0, 0.05) is 13.1 Å². The van der Waals surface area contributed by atoms with E-state index in [0.717, 1.165) is 12.1 Å². The molecule has 0 radical (unpaired) electrons. The Morgan fingerprint density at radius 1 is 1.47 bits per heavy atom. The average molecular weight is 263 g/mol. The van der Waals surface area contributed by atoms with Crippen LogP contribution in [0.3, 0.4) is 0 Å². The number of aliphatic carboxylic acids is 1. The second kappa shape index (κ2) is 5.21. The van der Waals surface area contributed by atoms with Crippen molar-refractivity contribution in [1.29, 1.82) is 0 Å². The van der Waals surface area contributed by atoms with Gasteiger partial charge in [0.15, 0.2) is 0 Å². The normalized spacial score (nSPS) is 23.9. The second-order valence-corrected chi connectivity index (χ2v) is 5.75. The fourth-order valence-electron chi connectivity index (χ4n) is 2.86. The molecule has 0 aliphatic carbocycles. The highest BCUT2D eigenvalue weighted by Gasteiger charge is 2.46. The molecule has 0 amide bonds. The van der Waals surface area contributed by atoms with Crippen molar-refractivity contribution >= 4 is 5.97 Å². The van der Waals surface area contributed by atoms with E-state index >= 15 is 0 Å². The molecule has 1 aromatic carbocycles. The van der Waals surface area contributed by atoms with Gasteiger partial charge in [-0.25, -0.2) is 0 Å². The van der Waals surface area contributed by atoms with E-state index in [1.54, 1.807) is 12.1 Å². The molecule has 1 fully saturated rings. The number of hydrogen-bond donors (Lipinski definition) is 2. The Labute approximate surface area is 113 Å². The summed E-state index contributed by atoms with van der Waals surface area (Å²) in [5, 5.41) is 18.9. The number of aromatic hydroxyl groups is 1. The molecular weight excluding hydrogens is 242 g/mol. The lowest BCUT2D eigenvalue weighted by Gasteiger charge is -2.28. The third-order valence-corrected chi connectivity index (χ3v) is 4.23. The largest absolute Gasteiger partial charge is 0.508 e. The summed E-state index contributed by atoms with van der Waals surface area (Å²) in [5.41, 5.74) is 0.390. The zero-order valence-electron chi connectivity index (χ0n) is 11.5. The maximum atomic E-state index is 11.6. The zero-order chi connectivity index (χ0) is 14.0. The molecule has 0 saturated carbocycles. The topological polar surface area (TPSA) is 60.8 Å². The van der Waals surface area contributed by atoms with Gasteiger partial charge in [-0.1, -0.05) is 26.0 Å². The van der Waals surface area contributed by atoms with Crippen molar-refractivity contribution in [2.75, 3.05) is 13.1 Å². The summed E-state index contributed by atoms with van der Waals surface area (Å²) in [6.45, 7) is 6.02. The molecule has 1 heterocycles. The van der Waals surface area contributed by atoms with Gasteiger partial charge in [-0.05, 0) is 36.6 Å². The molecular formula is C15H21NO3. The molecule has 104 valence electrons. The Bertz CT molecular complexity index is 472. The zero-order valence-corrected chi connectivity index (χ0v) is 11.5. The molecule has 2 rings (SSSR count). The Morgan fingerprint density at radius 2 is 2.21 bits per heavy atom. The predicted octanol–water partition coefficient (Wildman–Crippen LogP) is 2.32. The van der Waals surface area contributed by atoms with Gasteiger partial charge in [-0.2, -0.15) is 0 Å². The Balaban J connectivity index is 2.08. The van der Waals surface area contributed by atoms with Crippen molar-refractivity contribution in [2.24, 2.45) is 11.3 Å². The summed E-state index contributed by atoms with van der Waals surface area (Å²) < 4.78 is 0. The number of nitrogens with zero attached hydrogens (tertiary/aromatic N) is 1. The second-order valence-electron chi connectivity index (χ2n) is 5.75. The first-order chi connectivity index (χ1) is 8.94. The third kappa shape index (κ3) is 2.73. The van der Waals surface area contributed by atoms with E-state index in [9.17, 15) is 15.0 Å². The molecule has 4 heteroatoms. The highest BCUT2D eigenvalue weighted by Crippen LogP contribution is 2.38. The van der Waals surface area contributed by atoms with Gasteiger partial charge in [0.25, 0.3) is 0 Å². The lowest BCUT2D eigenvalue weighted by Crippen LogP contribution is -2.39. The molecule has 1 unspecified atom stereocenters. The molecule has 1 aromatic rings. The lowest BCUT2D eigenvalue weighted by molar-refractivity contribution is -0.151. The van der Waals surface area contributed by atoms with E-state index in [1.165, 1.54) is 0 Å². The Kier molecular flexibility index (Phi) is 3.80. The first-order valence-electron chi connectivity index (χ1n) is 6.68. The molecule has 1 aliphatic rings. The van der Waals surface area contributed by atoms with Gasteiger partial charge in [-0.15, -0.1) is 0 Å². The van der Waals surface area contributed by atoms with E-state index < -0.39 is 11.4 Å². The number of phenols is 1. The number of carbonyl (C=O) groups is 1. The van der Waals surface area contributed by atoms with Crippen LogP contribution in [0.1, 0.15) is 25.8 Å². The van der Waals surface area contributed by atoms with Gasteiger partial charge in [0.1, 0.15) is 5.75 Å². The SMILES string of the molecule is CC(C)C1(C(=O)O)CCN(Cc2cccc(O)c2)C1.